The van der Waals surface area contributed by atoms with Crippen molar-refractivity contribution in [3.63, 3.8) is 0 Å². The first-order chi connectivity index (χ1) is 8.99. The Morgan fingerprint density at radius 1 is 1.16 bits per heavy atom. The van der Waals surface area contributed by atoms with Crippen molar-refractivity contribution in [1.82, 2.24) is 29.6 Å². The summed E-state index contributed by atoms with van der Waals surface area (Å²) in [5.41, 5.74) is 8.67. The number of aromatic nitrogens is 6. The molecule has 19 heavy (non-hydrogen) atoms. The summed E-state index contributed by atoms with van der Waals surface area (Å²) in [5.74, 6) is 0.699. The second-order valence-electron chi connectivity index (χ2n) is 4.74. The molecule has 0 radical (unpaired) electrons. The third kappa shape index (κ3) is 1.71. The first-order valence-electron chi connectivity index (χ1n) is 6.03. The van der Waals surface area contributed by atoms with Crippen molar-refractivity contribution in [3.8, 4) is 11.4 Å². The lowest BCUT2D eigenvalue weighted by Crippen LogP contribution is -2.05. The molecule has 0 atom stereocenters. The van der Waals surface area contributed by atoms with Gasteiger partial charge < -0.3 is 5.73 Å². The minimum Gasteiger partial charge on any atom is -0.374 e. The summed E-state index contributed by atoms with van der Waals surface area (Å²) in [6.45, 7) is 8.21. The van der Waals surface area contributed by atoms with E-state index in [1.54, 1.807) is 4.52 Å². The predicted octanol–water partition coefficient (Wildman–Crippen LogP) is 1.83. The normalized spacial score (nSPS) is 11.8. The summed E-state index contributed by atoms with van der Waals surface area (Å²) in [6.07, 6.45) is 0. The number of rotatable bonds is 2. The van der Waals surface area contributed by atoms with Gasteiger partial charge in [-0.05, 0) is 27.7 Å². The Balaban J connectivity index is 2.26. The molecule has 0 fully saturated rings. The van der Waals surface area contributed by atoms with Gasteiger partial charge in [-0.25, -0.2) is 0 Å². The van der Waals surface area contributed by atoms with Crippen LogP contribution in [-0.4, -0.2) is 29.6 Å². The molecule has 8 heteroatoms. The molecule has 0 amide bonds. The standard InChI is InChI=1S/C11H15N7S/c1-5(2)17-7(4)8(6(3)15-17)9-13-14-11-18(9)16-10(12)19-11/h5H,1-4H3,(H2,12,16). The van der Waals surface area contributed by atoms with Crippen LogP contribution in [0.3, 0.4) is 0 Å². The molecule has 3 heterocycles. The van der Waals surface area contributed by atoms with Crippen molar-refractivity contribution < 1.29 is 0 Å². The number of nitrogens with two attached hydrogens (primary N) is 1. The van der Waals surface area contributed by atoms with Crippen LogP contribution >= 0.6 is 11.3 Å². The van der Waals surface area contributed by atoms with Crippen LogP contribution in [0.2, 0.25) is 0 Å². The lowest BCUT2D eigenvalue weighted by atomic mass is 10.2. The summed E-state index contributed by atoms with van der Waals surface area (Å²) >= 11 is 1.32. The summed E-state index contributed by atoms with van der Waals surface area (Å²) in [6, 6.07) is 0.302. The topological polar surface area (TPSA) is 86.9 Å². The van der Waals surface area contributed by atoms with Crippen molar-refractivity contribution in [2.75, 3.05) is 5.73 Å². The largest absolute Gasteiger partial charge is 0.374 e. The predicted molar refractivity (Wildman–Crippen MR) is 74.2 cm³/mol. The van der Waals surface area contributed by atoms with Crippen molar-refractivity contribution >= 4 is 21.4 Å². The smallest absolute Gasteiger partial charge is 0.236 e. The molecule has 3 aromatic heterocycles. The van der Waals surface area contributed by atoms with E-state index in [1.807, 2.05) is 18.5 Å². The minimum absolute atomic E-state index is 0.302. The average Bonchev–Trinajstić information content (AvgIpc) is 2.93. The van der Waals surface area contributed by atoms with E-state index in [9.17, 15) is 0 Å². The van der Waals surface area contributed by atoms with Crippen LogP contribution in [0.4, 0.5) is 5.13 Å². The zero-order valence-electron chi connectivity index (χ0n) is 11.2. The zero-order valence-corrected chi connectivity index (χ0v) is 12.1. The number of hydrogen-bond donors (Lipinski definition) is 1. The molecule has 0 unspecified atom stereocenters. The first kappa shape index (κ1) is 12.1. The van der Waals surface area contributed by atoms with Crippen LogP contribution in [0.5, 0.6) is 0 Å². The number of anilines is 1. The molecule has 0 saturated heterocycles. The van der Waals surface area contributed by atoms with Crippen molar-refractivity contribution in [2.24, 2.45) is 0 Å². The Morgan fingerprint density at radius 3 is 2.53 bits per heavy atom. The Morgan fingerprint density at radius 2 is 1.89 bits per heavy atom. The molecule has 2 N–H and O–H groups in total. The molecule has 0 aliphatic carbocycles. The van der Waals surface area contributed by atoms with Gasteiger partial charge in [-0.2, -0.15) is 9.61 Å². The fraction of sp³-hybridized carbons (Fsp3) is 0.455. The molecule has 0 aromatic carbocycles. The Kier molecular flexibility index (Phi) is 2.56. The monoisotopic (exact) mass is 277 g/mol. The molecule has 7 nitrogen and oxygen atoms in total. The first-order valence-corrected chi connectivity index (χ1v) is 6.84. The van der Waals surface area contributed by atoms with Gasteiger partial charge in [-0.3, -0.25) is 4.68 Å². The van der Waals surface area contributed by atoms with E-state index in [4.69, 9.17) is 5.73 Å². The Bertz CT molecular complexity index is 749. The number of fused-ring (bicyclic) bond motifs is 1. The maximum absolute atomic E-state index is 5.71. The molecule has 3 rings (SSSR count). The van der Waals surface area contributed by atoms with Gasteiger partial charge in [0.25, 0.3) is 0 Å². The second kappa shape index (κ2) is 4.02. The van der Waals surface area contributed by atoms with E-state index >= 15 is 0 Å². The van der Waals surface area contributed by atoms with Crippen LogP contribution in [0, 0.1) is 13.8 Å². The molecule has 0 spiro atoms. The van der Waals surface area contributed by atoms with Crippen molar-refractivity contribution in [2.45, 2.75) is 33.7 Å². The van der Waals surface area contributed by atoms with E-state index < -0.39 is 0 Å². The SMILES string of the molecule is Cc1nn(C(C)C)c(C)c1-c1nnc2sc(N)nn12. The number of hydrogen-bond acceptors (Lipinski definition) is 6. The fourth-order valence-electron chi connectivity index (χ4n) is 2.28. The number of nitrogens with zero attached hydrogens (tertiary/aromatic N) is 6. The molecule has 3 aromatic rings. The maximum Gasteiger partial charge on any atom is 0.236 e. The van der Waals surface area contributed by atoms with Gasteiger partial charge >= 0.3 is 0 Å². The van der Waals surface area contributed by atoms with Gasteiger partial charge in [0, 0.05) is 11.7 Å². The highest BCUT2D eigenvalue weighted by molar-refractivity contribution is 7.20. The highest BCUT2D eigenvalue weighted by Crippen LogP contribution is 2.28. The maximum atomic E-state index is 5.71. The quantitative estimate of drug-likeness (QED) is 0.772. The second-order valence-corrected chi connectivity index (χ2v) is 5.73. The highest BCUT2D eigenvalue weighted by atomic mass is 32.1. The van der Waals surface area contributed by atoms with Gasteiger partial charge in [0.1, 0.15) is 0 Å². The third-order valence-electron chi connectivity index (χ3n) is 3.04. The summed E-state index contributed by atoms with van der Waals surface area (Å²) < 4.78 is 3.67. The van der Waals surface area contributed by atoms with Gasteiger partial charge in [-0.1, -0.05) is 11.3 Å². The Labute approximate surface area is 114 Å². The fourth-order valence-corrected chi connectivity index (χ4v) is 2.88. The molecule has 100 valence electrons. The molecular formula is C11H15N7S. The molecular weight excluding hydrogens is 262 g/mol. The van der Waals surface area contributed by atoms with Crippen LogP contribution in [0.15, 0.2) is 0 Å². The summed E-state index contributed by atoms with van der Waals surface area (Å²) in [7, 11) is 0. The third-order valence-corrected chi connectivity index (χ3v) is 3.77. The van der Waals surface area contributed by atoms with E-state index in [0.29, 0.717) is 22.0 Å². The van der Waals surface area contributed by atoms with Gasteiger partial charge in [0.2, 0.25) is 10.1 Å². The van der Waals surface area contributed by atoms with Crippen LogP contribution in [-0.2, 0) is 0 Å². The van der Waals surface area contributed by atoms with E-state index in [1.165, 1.54) is 11.3 Å². The van der Waals surface area contributed by atoms with Crippen LogP contribution < -0.4 is 5.73 Å². The highest BCUT2D eigenvalue weighted by Gasteiger charge is 2.21. The van der Waals surface area contributed by atoms with Gasteiger partial charge in [0.05, 0.1) is 11.3 Å². The van der Waals surface area contributed by atoms with Crippen LogP contribution in [0.25, 0.3) is 16.3 Å². The Hall–Kier alpha value is -1.96. The molecule has 0 bridgehead atoms. The molecule has 0 aliphatic rings. The van der Waals surface area contributed by atoms with E-state index in [2.05, 4.69) is 34.2 Å². The molecule has 0 aliphatic heterocycles. The molecule has 0 saturated carbocycles. The van der Waals surface area contributed by atoms with E-state index in [-0.39, 0.29) is 0 Å². The van der Waals surface area contributed by atoms with E-state index in [0.717, 1.165) is 17.0 Å². The van der Waals surface area contributed by atoms with Crippen molar-refractivity contribution in [1.29, 1.82) is 0 Å². The summed E-state index contributed by atoms with van der Waals surface area (Å²) in [5, 5.41) is 17.6. The zero-order chi connectivity index (χ0) is 13.7. The lowest BCUT2D eigenvalue weighted by Gasteiger charge is -2.07. The van der Waals surface area contributed by atoms with Gasteiger partial charge in [-0.15, -0.1) is 15.3 Å². The van der Waals surface area contributed by atoms with Crippen molar-refractivity contribution in [3.05, 3.63) is 11.4 Å². The van der Waals surface area contributed by atoms with Crippen LogP contribution in [0.1, 0.15) is 31.3 Å². The summed E-state index contributed by atoms with van der Waals surface area (Å²) in [4.78, 5) is 0.698. The lowest BCUT2D eigenvalue weighted by molar-refractivity contribution is 0.516. The van der Waals surface area contributed by atoms with Gasteiger partial charge in [0.15, 0.2) is 5.82 Å². The number of aryl methyl sites for hydroxylation is 1. The minimum atomic E-state index is 0.302. The number of nitrogen functional groups attached to an aromatic ring is 1. The average molecular weight is 277 g/mol.